The van der Waals surface area contributed by atoms with Crippen molar-refractivity contribution in [2.24, 2.45) is 5.89 Å². The highest BCUT2D eigenvalue weighted by atomic mass is 16.7. The standard InChI is InChI=1S/C14H23BN2O2/c1-10(2)7-11-8-16-9-12(17-11)15-18-13(3,4)14(5,6)19-15/h8-10H,7H2,1-6H3/i1D3,2D3,7D2,8D,9D,10D. The molecule has 1 aromatic heterocycles. The molecule has 0 saturated carbocycles. The molecular weight excluding hydrogens is 239 g/mol. The Bertz CT molecular complexity index is 808. The number of nitrogens with zero attached hydrogens (tertiary/aromatic N) is 2. The maximum absolute atomic E-state index is 8.26. The summed E-state index contributed by atoms with van der Waals surface area (Å²) in [5.41, 5.74) is -3.03. The second-order valence-electron chi connectivity index (χ2n) is 5.27. The van der Waals surface area contributed by atoms with E-state index in [2.05, 4.69) is 9.97 Å². The summed E-state index contributed by atoms with van der Waals surface area (Å²) in [5, 5.41) is 0. The topological polar surface area (TPSA) is 44.2 Å². The Morgan fingerprint density at radius 1 is 1.37 bits per heavy atom. The lowest BCUT2D eigenvalue weighted by Gasteiger charge is -2.32. The van der Waals surface area contributed by atoms with Crippen LogP contribution in [-0.2, 0) is 15.7 Å². The zero-order valence-corrected chi connectivity index (χ0v) is 11.3. The van der Waals surface area contributed by atoms with Crippen molar-refractivity contribution >= 4 is 12.7 Å². The Kier molecular flexibility index (Phi) is 1.49. The van der Waals surface area contributed by atoms with Crippen LogP contribution in [0.3, 0.4) is 0 Å². The SMILES string of the molecule is [2H]c1nc([2H])c(C([2H])([2H])C([2H])(C([2H])([2H])[2H])C([2H])([2H])[2H])nc1B1OC(C)(C)C(C)(C)O1. The van der Waals surface area contributed by atoms with E-state index in [-0.39, 0.29) is 5.59 Å². The highest BCUT2D eigenvalue weighted by molar-refractivity contribution is 6.61. The summed E-state index contributed by atoms with van der Waals surface area (Å²) < 4.78 is 97.3. The van der Waals surface area contributed by atoms with Gasteiger partial charge in [0, 0.05) is 24.7 Å². The largest absolute Gasteiger partial charge is 0.516 e. The minimum absolute atomic E-state index is 0.345. The first-order valence-corrected chi connectivity index (χ1v) is 5.81. The number of aromatic nitrogens is 2. The molecular formula is C14H23BN2O2. The molecule has 0 radical (unpaired) electrons. The molecule has 0 aliphatic carbocycles. The average Bonchev–Trinajstić information content (AvgIpc) is 2.71. The van der Waals surface area contributed by atoms with Gasteiger partial charge in [0.05, 0.1) is 25.2 Å². The maximum atomic E-state index is 8.26. The third-order valence-corrected chi connectivity index (χ3v) is 3.28. The Balaban J connectivity index is 2.70. The summed E-state index contributed by atoms with van der Waals surface area (Å²) in [7, 11) is -1.29. The number of hydrogen-bond donors (Lipinski definition) is 0. The van der Waals surface area contributed by atoms with Crippen molar-refractivity contribution in [3.63, 3.8) is 0 Å². The molecule has 0 unspecified atom stereocenters. The third kappa shape index (κ3) is 2.98. The van der Waals surface area contributed by atoms with E-state index in [4.69, 9.17) is 24.4 Å². The minimum Gasteiger partial charge on any atom is -0.398 e. The first-order valence-electron chi connectivity index (χ1n) is 11.3. The van der Waals surface area contributed by atoms with Crippen molar-refractivity contribution in [2.75, 3.05) is 0 Å². The molecule has 5 heteroatoms. The van der Waals surface area contributed by atoms with Gasteiger partial charge in [0.15, 0.2) is 0 Å². The molecule has 1 aliphatic rings. The van der Waals surface area contributed by atoms with Gasteiger partial charge in [0.2, 0.25) is 0 Å². The van der Waals surface area contributed by atoms with Gasteiger partial charge in [-0.15, -0.1) is 0 Å². The van der Waals surface area contributed by atoms with E-state index >= 15 is 0 Å². The van der Waals surface area contributed by atoms with E-state index in [0.29, 0.717) is 0 Å². The van der Waals surface area contributed by atoms with E-state index in [1.165, 1.54) is 0 Å². The third-order valence-electron chi connectivity index (χ3n) is 3.28. The van der Waals surface area contributed by atoms with Crippen LogP contribution >= 0.6 is 0 Å². The predicted octanol–water partition coefficient (Wildman–Crippen LogP) is 1.97. The van der Waals surface area contributed by atoms with Gasteiger partial charge in [0.1, 0.15) is 0 Å². The van der Waals surface area contributed by atoms with Crippen molar-refractivity contribution in [1.82, 2.24) is 9.97 Å². The monoisotopic (exact) mass is 273 g/mol. The van der Waals surface area contributed by atoms with Crippen LogP contribution in [0.2, 0.25) is 0 Å². The Hall–Kier alpha value is -0.935. The zero-order chi connectivity index (χ0) is 23.7. The Morgan fingerprint density at radius 2 is 2.00 bits per heavy atom. The van der Waals surface area contributed by atoms with Gasteiger partial charge in [-0.25, -0.2) is 0 Å². The lowest BCUT2D eigenvalue weighted by Crippen LogP contribution is -2.41. The molecule has 19 heavy (non-hydrogen) atoms. The first kappa shape index (κ1) is 5.82. The lowest BCUT2D eigenvalue weighted by molar-refractivity contribution is 0.00578. The average molecular weight is 273 g/mol. The molecule has 1 aliphatic heterocycles. The fourth-order valence-corrected chi connectivity index (χ4v) is 1.54. The zero-order valence-electron chi connectivity index (χ0n) is 22.3. The lowest BCUT2D eigenvalue weighted by atomic mass is 9.85. The van der Waals surface area contributed by atoms with E-state index in [1.807, 2.05) is 0 Å². The summed E-state index contributed by atoms with van der Waals surface area (Å²) in [5.74, 6) is -3.66. The Labute approximate surface area is 131 Å². The molecule has 1 fully saturated rings. The van der Waals surface area contributed by atoms with Crippen LogP contribution in [0.4, 0.5) is 0 Å². The van der Waals surface area contributed by atoms with Crippen LogP contribution in [0, 0.1) is 5.89 Å². The van der Waals surface area contributed by atoms with Gasteiger partial charge in [-0.05, 0) is 40.0 Å². The van der Waals surface area contributed by atoms with Gasteiger partial charge in [0.25, 0.3) is 0 Å². The first-order chi connectivity index (χ1) is 13.1. The summed E-state index contributed by atoms with van der Waals surface area (Å²) in [6, 6.07) is 0. The van der Waals surface area contributed by atoms with Gasteiger partial charge in [-0.2, -0.15) is 0 Å². The smallest absolute Gasteiger partial charge is 0.398 e. The number of rotatable bonds is 3. The molecule has 2 heterocycles. The predicted molar refractivity (Wildman–Crippen MR) is 76.3 cm³/mol. The number of hydrogen-bond acceptors (Lipinski definition) is 4. The van der Waals surface area contributed by atoms with Gasteiger partial charge < -0.3 is 9.31 Å². The van der Waals surface area contributed by atoms with E-state index in [1.54, 1.807) is 27.7 Å². The van der Waals surface area contributed by atoms with Gasteiger partial charge >= 0.3 is 7.12 Å². The highest BCUT2D eigenvalue weighted by Gasteiger charge is 2.52. The van der Waals surface area contributed by atoms with Crippen LogP contribution in [0.1, 0.15) is 62.2 Å². The summed E-state index contributed by atoms with van der Waals surface area (Å²) in [4.78, 5) is 7.44. The van der Waals surface area contributed by atoms with Crippen molar-refractivity contribution in [3.8, 4) is 0 Å². The fourth-order valence-electron chi connectivity index (χ4n) is 1.54. The van der Waals surface area contributed by atoms with E-state index in [0.717, 1.165) is 0 Å². The van der Waals surface area contributed by atoms with Crippen LogP contribution in [0.25, 0.3) is 0 Å². The maximum Gasteiger partial charge on any atom is 0.516 e. The molecule has 1 saturated heterocycles. The van der Waals surface area contributed by atoms with Crippen LogP contribution in [-0.4, -0.2) is 28.3 Å². The normalized spacial score (nSPS) is 32.2. The highest BCUT2D eigenvalue weighted by Crippen LogP contribution is 2.36. The molecule has 0 bridgehead atoms. The molecule has 0 N–H and O–H groups in total. The fraction of sp³-hybridized carbons (Fsp3) is 0.714. The summed E-state index contributed by atoms with van der Waals surface area (Å²) in [6.45, 7) is -0.301. The van der Waals surface area contributed by atoms with Gasteiger partial charge in [-0.1, -0.05) is 13.7 Å². The van der Waals surface area contributed by atoms with E-state index in [9.17, 15) is 0 Å². The minimum atomic E-state index is -3.66. The van der Waals surface area contributed by atoms with Crippen molar-refractivity contribution in [3.05, 3.63) is 18.0 Å². The molecule has 2 rings (SSSR count). The summed E-state index contributed by atoms with van der Waals surface area (Å²) >= 11 is 0. The van der Waals surface area contributed by atoms with Crippen molar-refractivity contribution in [1.29, 1.82) is 0 Å². The van der Waals surface area contributed by atoms with Gasteiger partial charge in [-0.3, -0.25) is 9.97 Å². The molecule has 104 valence electrons. The van der Waals surface area contributed by atoms with Crippen molar-refractivity contribution in [2.45, 2.75) is 59.0 Å². The molecule has 0 spiro atoms. The quantitative estimate of drug-likeness (QED) is 0.790. The molecule has 0 amide bonds. The second-order valence-corrected chi connectivity index (χ2v) is 5.27. The van der Waals surface area contributed by atoms with E-state index < -0.39 is 62.3 Å². The molecule has 0 aromatic carbocycles. The molecule has 0 atom stereocenters. The van der Waals surface area contributed by atoms with Crippen molar-refractivity contribution < 1.29 is 24.4 Å². The molecule has 4 nitrogen and oxygen atoms in total. The van der Waals surface area contributed by atoms with Crippen LogP contribution < -0.4 is 5.59 Å². The summed E-state index contributed by atoms with van der Waals surface area (Å²) in [6.07, 6.45) is -4.98. The second kappa shape index (κ2) is 4.87. The Morgan fingerprint density at radius 3 is 2.58 bits per heavy atom. The molecule has 1 aromatic rings. The van der Waals surface area contributed by atoms with Crippen LogP contribution in [0.15, 0.2) is 12.3 Å². The van der Waals surface area contributed by atoms with Crippen LogP contribution in [0.5, 0.6) is 0 Å².